The third-order valence-corrected chi connectivity index (χ3v) is 2.58. The lowest BCUT2D eigenvalue weighted by molar-refractivity contribution is 0.112. The van der Waals surface area contributed by atoms with Crippen LogP contribution in [-0.4, -0.2) is 22.6 Å². The summed E-state index contributed by atoms with van der Waals surface area (Å²) in [6.45, 7) is 0. The van der Waals surface area contributed by atoms with Gasteiger partial charge >= 0.3 is 0 Å². The van der Waals surface area contributed by atoms with Gasteiger partial charge in [0, 0.05) is 5.56 Å². The lowest BCUT2D eigenvalue weighted by Crippen LogP contribution is -2.02. The Labute approximate surface area is 84.8 Å². The Morgan fingerprint density at radius 2 is 2.00 bits per heavy atom. The van der Waals surface area contributed by atoms with Gasteiger partial charge in [-0.3, -0.25) is 4.79 Å². The van der Waals surface area contributed by atoms with E-state index in [2.05, 4.69) is 16.3 Å². The van der Waals surface area contributed by atoms with Gasteiger partial charge in [0.1, 0.15) is 6.29 Å². The van der Waals surface area contributed by atoms with Crippen LogP contribution in [0.3, 0.4) is 0 Å². The third kappa shape index (κ3) is 1.51. The molecule has 2 aromatic carbocycles. The topological polar surface area (TPSA) is 17.1 Å². The van der Waals surface area contributed by atoms with Crippen molar-refractivity contribution in [3.05, 3.63) is 42.0 Å². The molecular formula is C11H7AlO. The summed E-state index contributed by atoms with van der Waals surface area (Å²) in [6.07, 6.45) is 0.870. The van der Waals surface area contributed by atoms with E-state index in [4.69, 9.17) is 0 Å². The molecule has 0 fully saturated rings. The first-order valence-electron chi connectivity index (χ1n) is 4.05. The second-order valence-corrected chi connectivity index (χ2v) is 3.57. The van der Waals surface area contributed by atoms with Crippen LogP contribution in [0.2, 0.25) is 0 Å². The van der Waals surface area contributed by atoms with Crippen LogP contribution in [0.25, 0.3) is 10.8 Å². The zero-order chi connectivity index (χ0) is 9.26. The van der Waals surface area contributed by atoms with Crippen LogP contribution in [-0.2, 0) is 0 Å². The fourth-order valence-corrected chi connectivity index (χ4v) is 1.77. The van der Waals surface area contributed by atoms with E-state index in [1.54, 1.807) is 0 Å². The summed E-state index contributed by atoms with van der Waals surface area (Å²) in [5, 5.41) is 2.29. The van der Waals surface area contributed by atoms with Crippen molar-refractivity contribution in [1.82, 2.24) is 0 Å². The quantitative estimate of drug-likeness (QED) is 0.482. The predicted octanol–water partition coefficient (Wildman–Crippen LogP) is 1.45. The number of hydrogen-bond acceptors (Lipinski definition) is 1. The first-order chi connectivity index (χ1) is 6.31. The summed E-state index contributed by atoms with van der Waals surface area (Å²) in [7, 11) is 0. The van der Waals surface area contributed by atoms with Gasteiger partial charge in [-0.15, -0.1) is 4.43 Å². The molecule has 0 bridgehead atoms. The van der Waals surface area contributed by atoms with Crippen molar-refractivity contribution in [2.24, 2.45) is 0 Å². The van der Waals surface area contributed by atoms with Gasteiger partial charge in [-0.2, -0.15) is 0 Å². The first kappa shape index (κ1) is 8.50. The lowest BCUT2D eigenvalue weighted by Gasteiger charge is -2.02. The van der Waals surface area contributed by atoms with Crippen LogP contribution < -0.4 is 4.43 Å². The molecule has 0 unspecified atom stereocenters. The van der Waals surface area contributed by atoms with Gasteiger partial charge in [-0.1, -0.05) is 30.3 Å². The fraction of sp³-hybridized carbons (Fsp3) is 0. The number of carbonyl (C=O) groups is 1. The first-order valence-corrected chi connectivity index (χ1v) is 4.62. The Bertz CT molecular complexity index is 463. The highest BCUT2D eigenvalue weighted by molar-refractivity contribution is 6.38. The van der Waals surface area contributed by atoms with Gasteiger partial charge in [-0.05, 0) is 16.8 Å². The molecule has 0 amide bonds. The summed E-state index contributed by atoms with van der Waals surface area (Å²) in [6, 6.07) is 11.7. The molecule has 2 rings (SSSR count). The average Bonchev–Trinajstić information content (AvgIpc) is 2.18. The molecule has 60 valence electrons. The van der Waals surface area contributed by atoms with Crippen LogP contribution >= 0.6 is 0 Å². The number of benzene rings is 2. The second kappa shape index (κ2) is 3.34. The zero-order valence-corrected chi connectivity index (χ0v) is 8.18. The van der Waals surface area contributed by atoms with Gasteiger partial charge < -0.3 is 0 Å². The molecule has 0 spiro atoms. The zero-order valence-electron chi connectivity index (χ0n) is 7.03. The van der Waals surface area contributed by atoms with Crippen molar-refractivity contribution in [3.8, 4) is 0 Å². The summed E-state index contributed by atoms with van der Waals surface area (Å²) in [4.78, 5) is 10.5. The Kier molecular flexibility index (Phi) is 2.18. The van der Waals surface area contributed by atoms with Gasteiger partial charge in [0.05, 0.1) is 0 Å². The third-order valence-electron chi connectivity index (χ3n) is 2.07. The molecule has 0 aromatic heterocycles. The fourth-order valence-electron chi connectivity index (χ4n) is 1.40. The highest BCUT2D eigenvalue weighted by Gasteiger charge is 1.96. The van der Waals surface area contributed by atoms with Crippen molar-refractivity contribution < 1.29 is 4.79 Å². The van der Waals surface area contributed by atoms with E-state index in [9.17, 15) is 4.79 Å². The van der Waals surface area contributed by atoms with Gasteiger partial charge in [0.25, 0.3) is 0 Å². The van der Waals surface area contributed by atoms with Gasteiger partial charge in [0.2, 0.25) is 0 Å². The summed E-state index contributed by atoms with van der Waals surface area (Å²) < 4.78 is 1.16. The molecule has 0 saturated heterocycles. The monoisotopic (exact) mass is 182 g/mol. The van der Waals surface area contributed by atoms with Gasteiger partial charge in [0.15, 0.2) is 16.3 Å². The maximum atomic E-state index is 10.5. The molecular weight excluding hydrogens is 175 g/mol. The normalized spacial score (nSPS) is 10.2. The molecule has 2 heteroatoms. The standard InChI is InChI=1S/C11H7O.Al/c12-8-9-5-6-10-3-1-2-4-11(10)7-9;/h1-2,4-8H;. The molecule has 0 aliphatic heterocycles. The number of carbonyl (C=O) groups excluding carboxylic acids is 1. The molecule has 2 aromatic rings. The van der Waals surface area contributed by atoms with Crippen molar-refractivity contribution in [2.45, 2.75) is 0 Å². The van der Waals surface area contributed by atoms with Crippen molar-refractivity contribution in [2.75, 3.05) is 0 Å². The maximum absolute atomic E-state index is 10.5. The largest absolute Gasteiger partial charge is 0.298 e. The smallest absolute Gasteiger partial charge is 0.176 e. The van der Waals surface area contributed by atoms with Crippen LogP contribution in [0, 0.1) is 0 Å². The Morgan fingerprint density at radius 3 is 2.77 bits per heavy atom. The Morgan fingerprint density at radius 1 is 1.15 bits per heavy atom. The molecule has 1 nitrogen and oxygen atoms in total. The predicted molar refractivity (Wildman–Crippen MR) is 54.7 cm³/mol. The summed E-state index contributed by atoms with van der Waals surface area (Å²) in [5.41, 5.74) is 0.725. The van der Waals surface area contributed by atoms with Crippen LogP contribution in [0.5, 0.6) is 0 Å². The number of fused-ring (bicyclic) bond motifs is 1. The van der Waals surface area contributed by atoms with Crippen LogP contribution in [0.4, 0.5) is 0 Å². The van der Waals surface area contributed by atoms with Crippen LogP contribution in [0.15, 0.2) is 36.4 Å². The van der Waals surface area contributed by atoms with Crippen molar-refractivity contribution in [3.63, 3.8) is 0 Å². The molecule has 0 atom stereocenters. The number of aldehydes is 1. The molecule has 0 saturated carbocycles. The van der Waals surface area contributed by atoms with E-state index in [1.165, 1.54) is 5.39 Å². The summed E-state index contributed by atoms with van der Waals surface area (Å²) in [5.74, 6) is 0. The molecule has 0 heterocycles. The maximum Gasteiger partial charge on any atom is 0.176 e. The van der Waals surface area contributed by atoms with E-state index in [1.807, 2.05) is 36.4 Å². The van der Waals surface area contributed by atoms with E-state index < -0.39 is 0 Å². The molecule has 13 heavy (non-hydrogen) atoms. The van der Waals surface area contributed by atoms with E-state index in [0.717, 1.165) is 21.7 Å². The van der Waals surface area contributed by atoms with E-state index >= 15 is 0 Å². The minimum Gasteiger partial charge on any atom is -0.298 e. The van der Waals surface area contributed by atoms with Crippen LogP contribution in [0.1, 0.15) is 10.4 Å². The number of rotatable bonds is 1. The minimum absolute atomic E-state index is 0.725. The summed E-state index contributed by atoms with van der Waals surface area (Å²) >= 11 is 2.69. The molecule has 0 aliphatic carbocycles. The molecule has 2 radical (unpaired) electrons. The van der Waals surface area contributed by atoms with Crippen molar-refractivity contribution in [1.29, 1.82) is 0 Å². The molecule has 0 aliphatic rings. The van der Waals surface area contributed by atoms with E-state index in [0.29, 0.717) is 0 Å². The lowest BCUT2D eigenvalue weighted by atomic mass is 10.1. The Balaban J connectivity index is 2.79. The van der Waals surface area contributed by atoms with Crippen molar-refractivity contribution >= 4 is 37.8 Å². The Hall–Kier alpha value is -1.10. The van der Waals surface area contributed by atoms with Gasteiger partial charge in [-0.25, -0.2) is 0 Å². The van der Waals surface area contributed by atoms with E-state index in [-0.39, 0.29) is 0 Å². The minimum atomic E-state index is 0.725. The average molecular weight is 182 g/mol. The SMILES string of the molecule is O=Cc1ccc2[c]([Al])cccc2c1. The highest BCUT2D eigenvalue weighted by atomic mass is 27.0. The highest BCUT2D eigenvalue weighted by Crippen LogP contribution is 2.12. The second-order valence-electron chi connectivity index (χ2n) is 2.95. The number of hydrogen-bond donors (Lipinski definition) is 0. The molecule has 0 N–H and O–H groups in total.